The minimum atomic E-state index is -1.18. The topological polar surface area (TPSA) is 91.3 Å². The number of amides is 1. The second-order valence-corrected chi connectivity index (χ2v) is 4.78. The summed E-state index contributed by atoms with van der Waals surface area (Å²) in [5.74, 6) is -0.437. The van der Waals surface area contributed by atoms with E-state index in [4.69, 9.17) is 9.47 Å². The third-order valence-electron chi connectivity index (χ3n) is 3.63. The van der Waals surface area contributed by atoms with E-state index < -0.39 is 18.7 Å². The van der Waals surface area contributed by atoms with Gasteiger partial charge < -0.3 is 29.9 Å². The number of ether oxygens (including phenoxy) is 2. The molecule has 2 aliphatic heterocycles. The van der Waals surface area contributed by atoms with E-state index in [1.165, 1.54) is 17.2 Å². The number of nitrogens with zero attached hydrogens (tertiary/aromatic N) is 1. The molecule has 1 saturated heterocycles. The van der Waals surface area contributed by atoms with Gasteiger partial charge in [0, 0.05) is 25.3 Å². The molecular formula is C13H20N2O5. The highest BCUT2D eigenvalue weighted by atomic mass is 16.6. The zero-order valence-corrected chi connectivity index (χ0v) is 11.3. The molecule has 7 nitrogen and oxygen atoms in total. The van der Waals surface area contributed by atoms with Gasteiger partial charge in [0.05, 0.1) is 12.7 Å². The molecule has 2 heterocycles. The van der Waals surface area contributed by atoms with Crippen molar-refractivity contribution < 1.29 is 24.5 Å². The lowest BCUT2D eigenvalue weighted by atomic mass is 9.94. The van der Waals surface area contributed by atoms with Crippen LogP contribution in [0.3, 0.4) is 0 Å². The molecule has 2 rings (SSSR count). The quantitative estimate of drug-likeness (QED) is 0.569. The number of aliphatic hydroxyl groups excluding tert-OH is 2. The van der Waals surface area contributed by atoms with E-state index in [1.807, 2.05) is 0 Å². The standard InChI is InChI=1S/C13H20N2O5/c1-3-4-8-9(7-16)20-12(11(8)19-2)15-6-5-10(17)14-13(15)18/h3,5-6,8-9,11-13,16,18H,1,4,7H2,2H3,(H,14,17)/t8?,9-,11?,12-,13?/m1/s1. The molecule has 0 aliphatic carbocycles. The van der Waals surface area contributed by atoms with Crippen LogP contribution in [0.25, 0.3) is 0 Å². The Hall–Kier alpha value is -1.41. The Morgan fingerprint density at radius 2 is 2.40 bits per heavy atom. The fourth-order valence-electron chi connectivity index (χ4n) is 2.68. The highest BCUT2D eigenvalue weighted by molar-refractivity contribution is 5.88. The van der Waals surface area contributed by atoms with E-state index in [2.05, 4.69) is 11.9 Å². The van der Waals surface area contributed by atoms with Gasteiger partial charge in [0.15, 0.2) is 6.23 Å². The Morgan fingerprint density at radius 1 is 1.65 bits per heavy atom. The summed E-state index contributed by atoms with van der Waals surface area (Å²) in [6, 6.07) is 0. The van der Waals surface area contributed by atoms with Gasteiger partial charge >= 0.3 is 0 Å². The number of allylic oxidation sites excluding steroid dienone is 1. The van der Waals surface area contributed by atoms with Gasteiger partial charge in [-0.2, -0.15) is 0 Å². The van der Waals surface area contributed by atoms with Crippen LogP contribution in [0.15, 0.2) is 24.9 Å². The number of rotatable bonds is 5. The number of methoxy groups -OCH3 is 1. The van der Waals surface area contributed by atoms with Gasteiger partial charge in [-0.15, -0.1) is 6.58 Å². The van der Waals surface area contributed by atoms with E-state index in [0.29, 0.717) is 6.42 Å². The van der Waals surface area contributed by atoms with Crippen LogP contribution in [0.1, 0.15) is 6.42 Å². The van der Waals surface area contributed by atoms with E-state index >= 15 is 0 Å². The second-order valence-electron chi connectivity index (χ2n) is 4.78. The predicted molar refractivity (Wildman–Crippen MR) is 70.0 cm³/mol. The first-order chi connectivity index (χ1) is 9.62. The molecule has 0 aromatic rings. The van der Waals surface area contributed by atoms with E-state index in [-0.39, 0.29) is 24.5 Å². The number of hydrogen-bond donors (Lipinski definition) is 3. The van der Waals surface area contributed by atoms with Crippen LogP contribution in [-0.2, 0) is 14.3 Å². The molecule has 1 fully saturated rings. The van der Waals surface area contributed by atoms with Crippen LogP contribution in [0.2, 0.25) is 0 Å². The summed E-state index contributed by atoms with van der Waals surface area (Å²) in [6.45, 7) is 3.55. The van der Waals surface area contributed by atoms with Crippen LogP contribution in [0, 0.1) is 5.92 Å². The highest BCUT2D eigenvalue weighted by Gasteiger charge is 2.47. The maximum absolute atomic E-state index is 11.2. The maximum atomic E-state index is 11.2. The average molecular weight is 284 g/mol. The Morgan fingerprint density at radius 3 is 2.95 bits per heavy atom. The molecule has 3 N–H and O–H groups in total. The predicted octanol–water partition coefficient (Wildman–Crippen LogP) is -0.868. The first-order valence-electron chi connectivity index (χ1n) is 6.46. The fourth-order valence-corrected chi connectivity index (χ4v) is 2.68. The van der Waals surface area contributed by atoms with Crippen LogP contribution < -0.4 is 5.32 Å². The van der Waals surface area contributed by atoms with E-state index in [1.54, 1.807) is 13.2 Å². The van der Waals surface area contributed by atoms with Crippen LogP contribution in [-0.4, -0.2) is 59.5 Å². The Balaban J connectivity index is 2.20. The first-order valence-corrected chi connectivity index (χ1v) is 6.46. The molecule has 0 aromatic carbocycles. The fraction of sp³-hybridized carbons (Fsp3) is 0.615. The van der Waals surface area contributed by atoms with Crippen molar-refractivity contribution in [1.29, 1.82) is 0 Å². The molecule has 3 unspecified atom stereocenters. The molecular weight excluding hydrogens is 264 g/mol. The van der Waals surface area contributed by atoms with Crippen molar-refractivity contribution in [3.63, 3.8) is 0 Å². The third kappa shape index (κ3) is 2.71. The summed E-state index contributed by atoms with van der Waals surface area (Å²) in [7, 11) is 1.55. The zero-order valence-electron chi connectivity index (χ0n) is 11.3. The molecule has 112 valence electrons. The van der Waals surface area contributed by atoms with Crippen molar-refractivity contribution in [1.82, 2.24) is 10.2 Å². The molecule has 0 saturated carbocycles. The largest absolute Gasteiger partial charge is 0.394 e. The van der Waals surface area contributed by atoms with Gasteiger partial charge in [0.25, 0.3) is 0 Å². The van der Waals surface area contributed by atoms with Gasteiger partial charge in [0.2, 0.25) is 12.3 Å². The maximum Gasteiger partial charge on any atom is 0.248 e. The van der Waals surface area contributed by atoms with Crippen molar-refractivity contribution in [2.24, 2.45) is 5.92 Å². The normalized spacial score (nSPS) is 37.0. The molecule has 1 amide bonds. The summed E-state index contributed by atoms with van der Waals surface area (Å²) in [6.07, 6.45) is 2.62. The monoisotopic (exact) mass is 284 g/mol. The van der Waals surface area contributed by atoms with Crippen LogP contribution >= 0.6 is 0 Å². The second kappa shape index (κ2) is 6.36. The molecule has 5 atom stereocenters. The lowest BCUT2D eigenvalue weighted by Gasteiger charge is -2.36. The Bertz CT molecular complexity index is 400. The highest BCUT2D eigenvalue weighted by Crippen LogP contribution is 2.34. The Kier molecular flexibility index (Phi) is 4.77. The van der Waals surface area contributed by atoms with Gasteiger partial charge in [-0.1, -0.05) is 6.08 Å². The van der Waals surface area contributed by atoms with Crippen molar-refractivity contribution in [2.75, 3.05) is 13.7 Å². The van der Waals surface area contributed by atoms with Crippen molar-refractivity contribution in [2.45, 2.75) is 31.2 Å². The molecule has 0 spiro atoms. The van der Waals surface area contributed by atoms with Gasteiger partial charge in [-0.25, -0.2) is 0 Å². The third-order valence-corrected chi connectivity index (χ3v) is 3.63. The van der Waals surface area contributed by atoms with Gasteiger partial charge in [-0.05, 0) is 6.42 Å². The van der Waals surface area contributed by atoms with Crippen molar-refractivity contribution in [3.8, 4) is 0 Å². The molecule has 7 heteroatoms. The van der Waals surface area contributed by atoms with E-state index in [0.717, 1.165) is 0 Å². The summed E-state index contributed by atoms with van der Waals surface area (Å²) >= 11 is 0. The van der Waals surface area contributed by atoms with Crippen LogP contribution in [0.4, 0.5) is 0 Å². The summed E-state index contributed by atoms with van der Waals surface area (Å²) in [5.41, 5.74) is 0. The molecule has 20 heavy (non-hydrogen) atoms. The van der Waals surface area contributed by atoms with Crippen molar-refractivity contribution in [3.05, 3.63) is 24.9 Å². The number of hydrogen-bond acceptors (Lipinski definition) is 6. The molecule has 0 aromatic heterocycles. The summed E-state index contributed by atoms with van der Waals surface area (Å²) in [4.78, 5) is 12.6. The molecule has 0 bridgehead atoms. The lowest BCUT2D eigenvalue weighted by Crippen LogP contribution is -2.55. The minimum absolute atomic E-state index is 0.0641. The number of carbonyl (C=O) groups is 1. The van der Waals surface area contributed by atoms with Gasteiger partial charge in [0.1, 0.15) is 6.10 Å². The summed E-state index contributed by atoms with van der Waals surface area (Å²) < 4.78 is 11.2. The Labute approximate surface area is 117 Å². The smallest absolute Gasteiger partial charge is 0.248 e. The van der Waals surface area contributed by atoms with E-state index in [9.17, 15) is 15.0 Å². The lowest BCUT2D eigenvalue weighted by molar-refractivity contribution is -0.156. The number of aliphatic hydroxyl groups is 2. The number of carbonyl (C=O) groups excluding carboxylic acids is 1. The zero-order chi connectivity index (χ0) is 14.7. The summed E-state index contributed by atoms with van der Waals surface area (Å²) in [5, 5.41) is 21.7. The average Bonchev–Trinajstić information content (AvgIpc) is 2.77. The number of nitrogens with one attached hydrogen (secondary N) is 1. The SMILES string of the molecule is C=CCC1C(OC)[C@H](N2C=CC(=O)NC2O)O[C@@H]1CO. The minimum Gasteiger partial charge on any atom is -0.394 e. The molecule has 0 radical (unpaired) electrons. The first kappa shape index (κ1) is 15.0. The van der Waals surface area contributed by atoms with Gasteiger partial charge in [-0.3, -0.25) is 4.79 Å². The molecule has 2 aliphatic rings. The van der Waals surface area contributed by atoms with Crippen LogP contribution in [0.5, 0.6) is 0 Å². The van der Waals surface area contributed by atoms with Crippen molar-refractivity contribution >= 4 is 5.91 Å².